The quantitative estimate of drug-likeness (QED) is 0.609. The number of benzene rings is 1. The molecule has 0 aliphatic carbocycles. The van der Waals surface area contributed by atoms with Crippen molar-refractivity contribution in [2.24, 2.45) is 0 Å². The predicted octanol–water partition coefficient (Wildman–Crippen LogP) is 3.72. The van der Waals surface area contributed by atoms with Crippen molar-refractivity contribution in [3.8, 4) is 0 Å². The lowest BCUT2D eigenvalue weighted by atomic mass is 9.99. The molecule has 2 aliphatic rings. The Kier molecular flexibility index (Phi) is 7.62. The number of aromatic nitrogens is 1. The molecule has 0 saturated carbocycles. The van der Waals surface area contributed by atoms with Crippen LogP contribution >= 0.6 is 12.4 Å². The van der Waals surface area contributed by atoms with Crippen molar-refractivity contribution in [1.29, 1.82) is 0 Å². The molecule has 7 nitrogen and oxygen atoms in total. The predicted molar refractivity (Wildman–Crippen MR) is 124 cm³/mol. The SMILES string of the molecule is CCOC(=O)CN1[C@@H]2CC[C@H]1CC(OC(=O)c1cc3ccccc3n(C(C)C)c1=O)C2.Cl. The Hall–Kier alpha value is -2.38. The number of para-hydroxylation sites is 1. The van der Waals surface area contributed by atoms with Crippen LogP contribution in [0.1, 0.15) is 62.9 Å². The van der Waals surface area contributed by atoms with E-state index < -0.39 is 5.97 Å². The summed E-state index contributed by atoms with van der Waals surface area (Å²) in [6, 6.07) is 9.54. The van der Waals surface area contributed by atoms with Gasteiger partial charge in [0.2, 0.25) is 0 Å². The number of halogens is 1. The van der Waals surface area contributed by atoms with Gasteiger partial charge in [-0.05, 0) is 51.1 Å². The van der Waals surface area contributed by atoms with Crippen LogP contribution in [-0.4, -0.2) is 52.7 Å². The largest absolute Gasteiger partial charge is 0.465 e. The average molecular weight is 463 g/mol. The fourth-order valence-corrected chi connectivity index (χ4v) is 5.09. The third-order valence-corrected chi connectivity index (χ3v) is 6.41. The molecule has 0 radical (unpaired) electrons. The van der Waals surface area contributed by atoms with E-state index in [1.165, 1.54) is 0 Å². The van der Waals surface area contributed by atoms with Gasteiger partial charge in [0.15, 0.2) is 0 Å². The minimum atomic E-state index is -0.562. The smallest absolute Gasteiger partial charge is 0.344 e. The molecule has 174 valence electrons. The van der Waals surface area contributed by atoms with E-state index in [0.717, 1.165) is 23.7 Å². The van der Waals surface area contributed by atoms with Crippen molar-refractivity contribution in [3.63, 3.8) is 0 Å². The van der Waals surface area contributed by atoms with Crippen LogP contribution < -0.4 is 5.56 Å². The summed E-state index contributed by atoms with van der Waals surface area (Å²) in [6.07, 6.45) is 3.06. The van der Waals surface area contributed by atoms with E-state index in [0.29, 0.717) is 19.4 Å². The first-order valence-electron chi connectivity index (χ1n) is 11.2. The van der Waals surface area contributed by atoms with Crippen LogP contribution in [0.3, 0.4) is 0 Å². The molecule has 1 aromatic carbocycles. The van der Waals surface area contributed by atoms with Crippen LogP contribution in [0.4, 0.5) is 0 Å². The molecule has 1 unspecified atom stereocenters. The molecule has 2 aromatic rings. The zero-order chi connectivity index (χ0) is 22.1. The topological polar surface area (TPSA) is 77.8 Å². The summed E-state index contributed by atoms with van der Waals surface area (Å²) < 4.78 is 12.6. The van der Waals surface area contributed by atoms with Gasteiger partial charge in [-0.3, -0.25) is 14.5 Å². The number of pyridine rings is 1. The normalized spacial score (nSPS) is 22.6. The number of piperidine rings is 1. The Morgan fingerprint density at radius 2 is 1.78 bits per heavy atom. The minimum absolute atomic E-state index is 0. The van der Waals surface area contributed by atoms with Crippen LogP contribution in [0.15, 0.2) is 35.1 Å². The molecule has 0 amide bonds. The number of carbonyl (C=O) groups excluding carboxylic acids is 2. The molecule has 32 heavy (non-hydrogen) atoms. The van der Waals surface area contributed by atoms with Crippen LogP contribution in [0.2, 0.25) is 0 Å². The molecular weight excluding hydrogens is 432 g/mol. The summed E-state index contributed by atoms with van der Waals surface area (Å²) in [5.41, 5.74) is 0.569. The molecule has 2 bridgehead atoms. The molecule has 3 heterocycles. The second-order valence-corrected chi connectivity index (χ2v) is 8.75. The monoisotopic (exact) mass is 462 g/mol. The lowest BCUT2D eigenvalue weighted by Crippen LogP contribution is -2.48. The molecule has 2 saturated heterocycles. The van der Waals surface area contributed by atoms with Gasteiger partial charge < -0.3 is 14.0 Å². The molecule has 3 atom stereocenters. The summed E-state index contributed by atoms with van der Waals surface area (Å²) in [6.45, 7) is 6.33. The summed E-state index contributed by atoms with van der Waals surface area (Å²) in [7, 11) is 0. The summed E-state index contributed by atoms with van der Waals surface area (Å²) in [4.78, 5) is 40.2. The van der Waals surface area contributed by atoms with Gasteiger partial charge in [0.1, 0.15) is 11.7 Å². The molecule has 2 aliphatic heterocycles. The second-order valence-electron chi connectivity index (χ2n) is 8.75. The van der Waals surface area contributed by atoms with Crippen LogP contribution in [-0.2, 0) is 14.3 Å². The molecule has 1 aromatic heterocycles. The lowest BCUT2D eigenvalue weighted by Gasteiger charge is -2.37. The molecule has 0 spiro atoms. The van der Waals surface area contributed by atoms with Crippen molar-refractivity contribution in [2.45, 2.75) is 70.7 Å². The number of esters is 2. The number of rotatable bonds is 6. The molecule has 0 N–H and O–H groups in total. The highest BCUT2D eigenvalue weighted by atomic mass is 35.5. The minimum Gasteiger partial charge on any atom is -0.465 e. The summed E-state index contributed by atoms with van der Waals surface area (Å²) in [5, 5.41) is 0.840. The maximum atomic E-state index is 13.1. The van der Waals surface area contributed by atoms with Gasteiger partial charge in [-0.25, -0.2) is 4.79 Å². The van der Waals surface area contributed by atoms with E-state index in [4.69, 9.17) is 9.47 Å². The van der Waals surface area contributed by atoms with E-state index in [1.807, 2.05) is 38.1 Å². The standard InChI is InChI=1S/C24H30N2O5.ClH/c1-4-30-22(27)14-25-17-9-10-18(25)13-19(12-17)31-24(29)20-11-16-7-5-6-8-21(16)26(15(2)3)23(20)28;/h5-8,11,15,17-19H,4,9-10,12-14H2,1-3H3;1H/t17-,18+,19?;. The van der Waals surface area contributed by atoms with E-state index in [-0.39, 0.29) is 60.3 Å². The summed E-state index contributed by atoms with van der Waals surface area (Å²) >= 11 is 0. The van der Waals surface area contributed by atoms with Gasteiger partial charge in [-0.2, -0.15) is 0 Å². The van der Waals surface area contributed by atoms with Crippen LogP contribution in [0.5, 0.6) is 0 Å². The zero-order valence-corrected chi connectivity index (χ0v) is 19.6. The van der Waals surface area contributed by atoms with E-state index in [1.54, 1.807) is 17.6 Å². The number of nitrogens with zero attached hydrogens (tertiary/aromatic N) is 2. The van der Waals surface area contributed by atoms with Crippen LogP contribution in [0.25, 0.3) is 10.9 Å². The Morgan fingerprint density at radius 3 is 2.41 bits per heavy atom. The lowest BCUT2D eigenvalue weighted by molar-refractivity contribution is -0.146. The zero-order valence-electron chi connectivity index (χ0n) is 18.8. The highest BCUT2D eigenvalue weighted by molar-refractivity contribution is 5.94. The number of ether oxygens (including phenoxy) is 2. The van der Waals surface area contributed by atoms with Crippen molar-refractivity contribution in [3.05, 3.63) is 46.2 Å². The van der Waals surface area contributed by atoms with Crippen molar-refractivity contribution in [2.75, 3.05) is 13.2 Å². The first-order valence-corrected chi connectivity index (χ1v) is 11.2. The first kappa shape index (κ1) is 24.3. The fourth-order valence-electron chi connectivity index (χ4n) is 5.09. The van der Waals surface area contributed by atoms with E-state index in [2.05, 4.69) is 4.90 Å². The van der Waals surface area contributed by atoms with Gasteiger partial charge in [-0.1, -0.05) is 18.2 Å². The fraction of sp³-hybridized carbons (Fsp3) is 0.542. The number of carbonyl (C=O) groups is 2. The average Bonchev–Trinajstić information content (AvgIpc) is 2.95. The Morgan fingerprint density at radius 1 is 1.12 bits per heavy atom. The van der Waals surface area contributed by atoms with E-state index >= 15 is 0 Å². The van der Waals surface area contributed by atoms with E-state index in [9.17, 15) is 14.4 Å². The third-order valence-electron chi connectivity index (χ3n) is 6.41. The van der Waals surface area contributed by atoms with Gasteiger partial charge in [0, 0.05) is 31.0 Å². The molecule has 8 heteroatoms. The van der Waals surface area contributed by atoms with Crippen LogP contribution in [0, 0.1) is 0 Å². The van der Waals surface area contributed by atoms with Gasteiger partial charge in [0.05, 0.1) is 18.7 Å². The highest BCUT2D eigenvalue weighted by Gasteiger charge is 2.43. The van der Waals surface area contributed by atoms with Crippen molar-refractivity contribution in [1.82, 2.24) is 9.47 Å². The first-order chi connectivity index (χ1) is 14.9. The molecule has 4 rings (SSSR count). The second kappa shape index (κ2) is 10.0. The third kappa shape index (κ3) is 4.69. The van der Waals surface area contributed by atoms with Gasteiger partial charge in [0.25, 0.3) is 5.56 Å². The highest BCUT2D eigenvalue weighted by Crippen LogP contribution is 2.37. The summed E-state index contributed by atoms with van der Waals surface area (Å²) in [5.74, 6) is -0.770. The molecule has 2 fully saturated rings. The Labute approximate surface area is 194 Å². The number of fused-ring (bicyclic) bond motifs is 3. The Balaban J connectivity index is 0.00000289. The maximum Gasteiger partial charge on any atom is 0.344 e. The maximum absolute atomic E-state index is 13.1. The number of hydrogen-bond donors (Lipinski definition) is 0. The van der Waals surface area contributed by atoms with Gasteiger partial charge >= 0.3 is 11.9 Å². The van der Waals surface area contributed by atoms with Crippen molar-refractivity contribution < 1.29 is 19.1 Å². The molecular formula is C24H31ClN2O5. The Bertz CT molecular complexity index is 1040. The number of hydrogen-bond acceptors (Lipinski definition) is 6. The van der Waals surface area contributed by atoms with Crippen molar-refractivity contribution >= 4 is 35.2 Å². The van der Waals surface area contributed by atoms with Gasteiger partial charge in [-0.15, -0.1) is 12.4 Å².